The summed E-state index contributed by atoms with van der Waals surface area (Å²) in [5.74, 6) is 0.659. The van der Waals surface area contributed by atoms with Crippen molar-refractivity contribution in [1.82, 2.24) is 0 Å². The Morgan fingerprint density at radius 3 is 2.75 bits per heavy atom. The molecular weight excluding hydrogens is 250 g/mol. The topological polar surface area (TPSA) is 71.1 Å². The van der Waals surface area contributed by atoms with Gasteiger partial charge in [-0.25, -0.2) is 0 Å². The fourth-order valence-corrected chi connectivity index (χ4v) is 1.87. The van der Waals surface area contributed by atoms with Crippen LogP contribution in [0, 0.1) is 18.3 Å². The molecule has 102 valence electrons. The molecule has 0 saturated heterocycles. The second-order valence-corrected chi connectivity index (χ2v) is 4.45. The molecule has 0 aliphatic carbocycles. The molecule has 0 saturated carbocycles. The van der Waals surface area contributed by atoms with Gasteiger partial charge in [0, 0.05) is 17.4 Å². The van der Waals surface area contributed by atoms with Gasteiger partial charge in [0.2, 0.25) is 0 Å². The second-order valence-electron chi connectivity index (χ2n) is 4.45. The van der Waals surface area contributed by atoms with Crippen LogP contribution in [0.4, 0.5) is 17.1 Å². The molecule has 20 heavy (non-hydrogen) atoms. The van der Waals surface area contributed by atoms with Gasteiger partial charge in [-0.15, -0.1) is 0 Å². The number of nitrogens with two attached hydrogens (primary N) is 1. The van der Waals surface area contributed by atoms with Crippen LogP contribution in [-0.4, -0.2) is 6.61 Å². The van der Waals surface area contributed by atoms with Crippen molar-refractivity contribution in [2.75, 3.05) is 17.7 Å². The summed E-state index contributed by atoms with van der Waals surface area (Å²) in [5.41, 5.74) is 9.93. The molecule has 0 fully saturated rings. The minimum absolute atomic E-state index is 0.566. The summed E-state index contributed by atoms with van der Waals surface area (Å²) in [6.45, 7) is 4.47. The van der Waals surface area contributed by atoms with Gasteiger partial charge in [0.15, 0.2) is 0 Å². The third-order valence-corrected chi connectivity index (χ3v) is 2.96. The molecule has 0 bridgehead atoms. The van der Waals surface area contributed by atoms with Crippen molar-refractivity contribution in [2.24, 2.45) is 0 Å². The number of nitriles is 1. The number of rotatable bonds is 4. The van der Waals surface area contributed by atoms with Crippen LogP contribution in [0.15, 0.2) is 36.4 Å². The summed E-state index contributed by atoms with van der Waals surface area (Å²) in [6.07, 6.45) is 0. The quantitative estimate of drug-likeness (QED) is 0.830. The SMILES string of the molecule is CCOc1cc(Nc2cc(C#N)ccc2C)ccc1N. The Bertz CT molecular complexity index is 659. The maximum absolute atomic E-state index is 8.96. The van der Waals surface area contributed by atoms with E-state index in [-0.39, 0.29) is 0 Å². The molecule has 0 aliphatic rings. The van der Waals surface area contributed by atoms with E-state index >= 15 is 0 Å². The molecule has 2 aromatic carbocycles. The van der Waals surface area contributed by atoms with Crippen LogP contribution in [0.5, 0.6) is 5.75 Å². The van der Waals surface area contributed by atoms with Crippen LogP contribution < -0.4 is 15.8 Å². The highest BCUT2D eigenvalue weighted by Gasteiger charge is 2.05. The molecule has 4 nitrogen and oxygen atoms in total. The van der Waals surface area contributed by atoms with Crippen molar-refractivity contribution in [3.8, 4) is 11.8 Å². The number of benzene rings is 2. The molecule has 4 heteroatoms. The van der Waals surface area contributed by atoms with Crippen LogP contribution in [0.3, 0.4) is 0 Å². The van der Waals surface area contributed by atoms with Crippen LogP contribution in [-0.2, 0) is 0 Å². The first kappa shape index (κ1) is 13.8. The smallest absolute Gasteiger partial charge is 0.144 e. The number of nitrogens with zero attached hydrogens (tertiary/aromatic N) is 1. The van der Waals surface area contributed by atoms with Crippen LogP contribution in [0.25, 0.3) is 0 Å². The summed E-state index contributed by atoms with van der Waals surface area (Å²) < 4.78 is 5.47. The van der Waals surface area contributed by atoms with E-state index in [1.54, 1.807) is 12.1 Å². The lowest BCUT2D eigenvalue weighted by atomic mass is 10.1. The average molecular weight is 267 g/mol. The zero-order valence-corrected chi connectivity index (χ0v) is 11.6. The van der Waals surface area contributed by atoms with Gasteiger partial charge in [0.25, 0.3) is 0 Å². The van der Waals surface area contributed by atoms with E-state index in [4.69, 9.17) is 15.7 Å². The fraction of sp³-hybridized carbons (Fsp3) is 0.188. The zero-order valence-electron chi connectivity index (χ0n) is 11.6. The molecule has 0 spiro atoms. The normalized spacial score (nSPS) is 9.85. The van der Waals surface area contributed by atoms with Gasteiger partial charge >= 0.3 is 0 Å². The second kappa shape index (κ2) is 5.98. The lowest BCUT2D eigenvalue weighted by molar-refractivity contribution is 0.342. The van der Waals surface area contributed by atoms with Crippen molar-refractivity contribution in [1.29, 1.82) is 5.26 Å². The Morgan fingerprint density at radius 1 is 1.25 bits per heavy atom. The van der Waals surface area contributed by atoms with Gasteiger partial charge in [-0.2, -0.15) is 5.26 Å². The Kier molecular flexibility index (Phi) is 4.11. The first-order chi connectivity index (χ1) is 9.63. The molecule has 0 aliphatic heterocycles. The van der Waals surface area contributed by atoms with Crippen molar-refractivity contribution in [2.45, 2.75) is 13.8 Å². The van der Waals surface area contributed by atoms with Gasteiger partial charge < -0.3 is 15.8 Å². The van der Waals surface area contributed by atoms with Gasteiger partial charge in [-0.3, -0.25) is 0 Å². The monoisotopic (exact) mass is 267 g/mol. The van der Waals surface area contributed by atoms with Gasteiger partial charge in [0.1, 0.15) is 5.75 Å². The first-order valence-electron chi connectivity index (χ1n) is 6.44. The molecule has 0 atom stereocenters. The third kappa shape index (κ3) is 3.01. The Labute approximate surface area is 118 Å². The largest absolute Gasteiger partial charge is 0.492 e. The van der Waals surface area contributed by atoms with E-state index in [1.165, 1.54) is 0 Å². The molecule has 0 amide bonds. The molecule has 0 aromatic heterocycles. The maximum atomic E-state index is 8.96. The predicted octanol–water partition coefficient (Wildman–Crippen LogP) is 3.59. The molecule has 3 N–H and O–H groups in total. The summed E-state index contributed by atoms with van der Waals surface area (Å²) in [4.78, 5) is 0. The van der Waals surface area contributed by atoms with E-state index in [0.717, 1.165) is 16.9 Å². The maximum Gasteiger partial charge on any atom is 0.144 e. The lowest BCUT2D eigenvalue weighted by Crippen LogP contribution is -1.99. The standard InChI is InChI=1S/C16H17N3O/c1-3-20-16-9-13(6-7-14(16)18)19-15-8-12(10-17)5-4-11(15)2/h4-9,19H,3,18H2,1-2H3. The van der Waals surface area contributed by atoms with Crippen LogP contribution >= 0.6 is 0 Å². The summed E-state index contributed by atoms with van der Waals surface area (Å²) in [6, 6.07) is 13.2. The average Bonchev–Trinajstić information content (AvgIpc) is 2.45. The van der Waals surface area contributed by atoms with Crippen molar-refractivity contribution in [3.05, 3.63) is 47.5 Å². The molecule has 2 aromatic rings. The van der Waals surface area contributed by atoms with E-state index < -0.39 is 0 Å². The van der Waals surface area contributed by atoms with Gasteiger partial charge in [-0.05, 0) is 43.7 Å². The van der Waals surface area contributed by atoms with Gasteiger partial charge in [0.05, 0.1) is 23.9 Å². The number of hydrogen-bond acceptors (Lipinski definition) is 4. The number of anilines is 3. The minimum atomic E-state index is 0.566. The highest BCUT2D eigenvalue weighted by Crippen LogP contribution is 2.28. The van der Waals surface area contributed by atoms with Crippen molar-refractivity contribution < 1.29 is 4.74 Å². The third-order valence-electron chi connectivity index (χ3n) is 2.96. The molecule has 0 radical (unpaired) electrons. The van der Waals surface area contributed by atoms with E-state index in [1.807, 2.05) is 38.1 Å². The van der Waals surface area contributed by atoms with Crippen molar-refractivity contribution >= 4 is 17.1 Å². The number of nitrogens with one attached hydrogen (secondary N) is 1. The Balaban J connectivity index is 2.30. The van der Waals surface area contributed by atoms with E-state index in [2.05, 4.69) is 11.4 Å². The van der Waals surface area contributed by atoms with E-state index in [9.17, 15) is 0 Å². The number of ether oxygens (including phenoxy) is 1. The first-order valence-corrected chi connectivity index (χ1v) is 6.44. The van der Waals surface area contributed by atoms with Crippen LogP contribution in [0.2, 0.25) is 0 Å². The molecule has 0 unspecified atom stereocenters. The molecule has 0 heterocycles. The van der Waals surface area contributed by atoms with Crippen molar-refractivity contribution in [3.63, 3.8) is 0 Å². The summed E-state index contributed by atoms with van der Waals surface area (Å²) >= 11 is 0. The number of hydrogen-bond donors (Lipinski definition) is 2. The highest BCUT2D eigenvalue weighted by molar-refractivity contribution is 5.69. The van der Waals surface area contributed by atoms with Crippen LogP contribution in [0.1, 0.15) is 18.1 Å². The number of nitrogen functional groups attached to an aromatic ring is 1. The fourth-order valence-electron chi connectivity index (χ4n) is 1.87. The minimum Gasteiger partial charge on any atom is -0.492 e. The zero-order chi connectivity index (χ0) is 14.5. The lowest BCUT2D eigenvalue weighted by Gasteiger charge is -2.13. The van der Waals surface area contributed by atoms with E-state index in [0.29, 0.717) is 23.6 Å². The Morgan fingerprint density at radius 2 is 2.05 bits per heavy atom. The predicted molar refractivity (Wildman–Crippen MR) is 81.2 cm³/mol. The summed E-state index contributed by atoms with van der Waals surface area (Å²) in [5, 5.41) is 12.2. The summed E-state index contributed by atoms with van der Waals surface area (Å²) in [7, 11) is 0. The highest BCUT2D eigenvalue weighted by atomic mass is 16.5. The molecular formula is C16H17N3O. The van der Waals surface area contributed by atoms with Gasteiger partial charge in [-0.1, -0.05) is 6.07 Å². The Hall–Kier alpha value is -2.67. The number of aryl methyl sites for hydroxylation is 1. The molecule has 2 rings (SSSR count).